The molecule has 2 rings (SSSR count). The van der Waals surface area contributed by atoms with Crippen molar-refractivity contribution in [2.75, 3.05) is 23.7 Å². The molecular weight excluding hydrogens is 262 g/mol. The molecule has 1 aromatic carbocycles. The number of benzene rings is 1. The number of anilines is 2. The van der Waals surface area contributed by atoms with E-state index in [-0.39, 0.29) is 11.9 Å². The van der Waals surface area contributed by atoms with E-state index in [4.69, 9.17) is 0 Å². The lowest BCUT2D eigenvalue weighted by atomic mass is 9.85. The molecule has 3 N–H and O–H groups in total. The lowest BCUT2D eigenvalue weighted by molar-refractivity contribution is -0.121. The van der Waals surface area contributed by atoms with Gasteiger partial charge in [-0.2, -0.15) is 0 Å². The second-order valence-corrected chi connectivity index (χ2v) is 6.52. The van der Waals surface area contributed by atoms with Gasteiger partial charge in [0.25, 0.3) is 0 Å². The number of nitrogens with one attached hydrogen (secondary N) is 3. The maximum Gasteiger partial charge on any atom is 0.244 e. The van der Waals surface area contributed by atoms with E-state index in [0.29, 0.717) is 24.3 Å². The summed E-state index contributed by atoms with van der Waals surface area (Å²) in [5.41, 5.74) is 2.05. The zero-order chi connectivity index (χ0) is 15.4. The van der Waals surface area contributed by atoms with Crippen LogP contribution in [0.2, 0.25) is 0 Å². The van der Waals surface area contributed by atoms with Crippen LogP contribution in [0.1, 0.15) is 27.7 Å². The zero-order valence-corrected chi connectivity index (χ0v) is 13.4. The van der Waals surface area contributed by atoms with Crippen LogP contribution in [0.15, 0.2) is 24.3 Å². The van der Waals surface area contributed by atoms with Crippen LogP contribution in [-0.4, -0.2) is 25.0 Å². The van der Waals surface area contributed by atoms with E-state index in [1.54, 1.807) is 0 Å². The lowest BCUT2D eigenvalue weighted by Gasteiger charge is -2.29. The van der Waals surface area contributed by atoms with Gasteiger partial charge in [0.1, 0.15) is 6.04 Å². The molecule has 116 valence electrons. The molecule has 0 fully saturated rings. The molecule has 4 heteroatoms. The Hall–Kier alpha value is -1.71. The third kappa shape index (κ3) is 3.90. The van der Waals surface area contributed by atoms with Gasteiger partial charge in [0.05, 0.1) is 11.4 Å². The molecular formula is C17H27N3O. The van der Waals surface area contributed by atoms with Crippen molar-refractivity contribution >= 4 is 17.3 Å². The molecule has 0 spiro atoms. The first-order chi connectivity index (χ1) is 9.99. The molecule has 1 heterocycles. The van der Waals surface area contributed by atoms with Crippen molar-refractivity contribution in [1.29, 1.82) is 0 Å². The largest absolute Gasteiger partial charge is 0.381 e. The Balaban J connectivity index is 1.90. The molecule has 1 amide bonds. The van der Waals surface area contributed by atoms with E-state index in [2.05, 4.69) is 43.6 Å². The summed E-state index contributed by atoms with van der Waals surface area (Å²) < 4.78 is 0. The van der Waals surface area contributed by atoms with Gasteiger partial charge in [-0.3, -0.25) is 4.79 Å². The number of rotatable bonds is 5. The summed E-state index contributed by atoms with van der Waals surface area (Å²) in [7, 11) is 0. The topological polar surface area (TPSA) is 53.2 Å². The molecule has 0 radical (unpaired) electrons. The average Bonchev–Trinajstić information content (AvgIpc) is 2.46. The predicted molar refractivity (Wildman–Crippen MR) is 88.5 cm³/mol. The minimum Gasteiger partial charge on any atom is -0.381 e. The van der Waals surface area contributed by atoms with Gasteiger partial charge in [-0.25, -0.2) is 0 Å². The second-order valence-electron chi connectivity index (χ2n) is 6.52. The molecule has 0 saturated carbocycles. The number of amides is 1. The first kappa shape index (κ1) is 15.7. The Morgan fingerprint density at radius 1 is 1.19 bits per heavy atom. The SMILES string of the molecule is CC(C)C(CNC(=O)C1CNc2ccccc2N1)C(C)C. The van der Waals surface area contributed by atoms with E-state index in [1.807, 2.05) is 24.3 Å². The molecule has 0 aromatic heterocycles. The number of hydrogen-bond donors (Lipinski definition) is 3. The first-order valence-corrected chi connectivity index (χ1v) is 7.86. The van der Waals surface area contributed by atoms with Crippen molar-refractivity contribution in [3.63, 3.8) is 0 Å². The van der Waals surface area contributed by atoms with Gasteiger partial charge < -0.3 is 16.0 Å². The van der Waals surface area contributed by atoms with Gasteiger partial charge in [0, 0.05) is 13.1 Å². The van der Waals surface area contributed by atoms with Gasteiger partial charge in [-0.1, -0.05) is 39.8 Å². The highest BCUT2D eigenvalue weighted by molar-refractivity contribution is 5.88. The third-order valence-corrected chi connectivity index (χ3v) is 4.29. The van der Waals surface area contributed by atoms with Crippen LogP contribution < -0.4 is 16.0 Å². The molecule has 1 aliphatic rings. The number of fused-ring (bicyclic) bond motifs is 1. The first-order valence-electron chi connectivity index (χ1n) is 7.86. The summed E-state index contributed by atoms with van der Waals surface area (Å²) in [5, 5.41) is 9.71. The fourth-order valence-corrected chi connectivity index (χ4v) is 2.95. The fourth-order valence-electron chi connectivity index (χ4n) is 2.95. The Labute approximate surface area is 127 Å². The monoisotopic (exact) mass is 289 g/mol. The van der Waals surface area contributed by atoms with Gasteiger partial charge in [0.15, 0.2) is 0 Å². The summed E-state index contributed by atoms with van der Waals surface area (Å²) in [6, 6.07) is 7.77. The normalized spacial score (nSPS) is 17.4. The van der Waals surface area contributed by atoms with Gasteiger partial charge in [0.2, 0.25) is 5.91 Å². The van der Waals surface area contributed by atoms with Crippen LogP contribution in [0.3, 0.4) is 0 Å². The average molecular weight is 289 g/mol. The van der Waals surface area contributed by atoms with Gasteiger partial charge in [-0.05, 0) is 29.9 Å². The standard InChI is InChI=1S/C17H27N3O/c1-11(2)13(12(3)4)9-19-17(21)16-10-18-14-7-5-6-8-15(14)20-16/h5-8,11-13,16,18,20H,9-10H2,1-4H3,(H,19,21). The molecule has 4 nitrogen and oxygen atoms in total. The van der Waals surface area contributed by atoms with Crippen molar-refractivity contribution in [1.82, 2.24) is 5.32 Å². The maximum absolute atomic E-state index is 12.3. The second kappa shape index (κ2) is 6.83. The van der Waals surface area contributed by atoms with Crippen LogP contribution in [0, 0.1) is 17.8 Å². The highest BCUT2D eigenvalue weighted by Gasteiger charge is 2.25. The van der Waals surface area contributed by atoms with E-state index in [0.717, 1.165) is 17.9 Å². The number of hydrogen-bond acceptors (Lipinski definition) is 3. The number of para-hydroxylation sites is 2. The van der Waals surface area contributed by atoms with Crippen LogP contribution in [0.5, 0.6) is 0 Å². The minimum absolute atomic E-state index is 0.0725. The summed E-state index contributed by atoms with van der Waals surface area (Å²) in [4.78, 5) is 12.3. The van der Waals surface area contributed by atoms with Crippen molar-refractivity contribution in [2.45, 2.75) is 33.7 Å². The third-order valence-electron chi connectivity index (χ3n) is 4.29. The molecule has 1 aromatic rings. The quantitative estimate of drug-likeness (QED) is 0.781. The minimum atomic E-state index is -0.208. The van der Waals surface area contributed by atoms with Crippen LogP contribution in [-0.2, 0) is 4.79 Å². The van der Waals surface area contributed by atoms with Crippen molar-refractivity contribution < 1.29 is 4.79 Å². The molecule has 21 heavy (non-hydrogen) atoms. The van der Waals surface area contributed by atoms with Crippen LogP contribution in [0.4, 0.5) is 11.4 Å². The maximum atomic E-state index is 12.3. The highest BCUT2D eigenvalue weighted by atomic mass is 16.2. The fraction of sp³-hybridized carbons (Fsp3) is 0.588. The molecule has 1 unspecified atom stereocenters. The Bertz CT molecular complexity index is 477. The summed E-state index contributed by atoms with van der Waals surface area (Å²) in [6.07, 6.45) is 0. The van der Waals surface area contributed by atoms with E-state index < -0.39 is 0 Å². The van der Waals surface area contributed by atoms with E-state index >= 15 is 0 Å². The van der Waals surface area contributed by atoms with Gasteiger partial charge in [-0.15, -0.1) is 0 Å². The molecule has 1 atom stereocenters. The number of carbonyl (C=O) groups excluding carboxylic acids is 1. The van der Waals surface area contributed by atoms with Gasteiger partial charge >= 0.3 is 0 Å². The zero-order valence-electron chi connectivity index (χ0n) is 13.4. The van der Waals surface area contributed by atoms with Crippen LogP contribution in [0.25, 0.3) is 0 Å². The van der Waals surface area contributed by atoms with Crippen molar-refractivity contribution in [2.24, 2.45) is 17.8 Å². The summed E-state index contributed by atoms with van der Waals surface area (Å²) in [5.74, 6) is 1.73. The Morgan fingerprint density at radius 3 is 2.43 bits per heavy atom. The molecule has 0 bridgehead atoms. The highest BCUT2D eigenvalue weighted by Crippen LogP contribution is 2.25. The van der Waals surface area contributed by atoms with E-state index in [1.165, 1.54) is 0 Å². The summed E-state index contributed by atoms with van der Waals surface area (Å²) >= 11 is 0. The van der Waals surface area contributed by atoms with E-state index in [9.17, 15) is 4.79 Å². The lowest BCUT2D eigenvalue weighted by Crippen LogP contribution is -2.47. The van der Waals surface area contributed by atoms with Crippen molar-refractivity contribution in [3.8, 4) is 0 Å². The molecule has 1 aliphatic heterocycles. The Kier molecular flexibility index (Phi) is 5.10. The summed E-state index contributed by atoms with van der Waals surface area (Å²) in [6.45, 7) is 10.2. The smallest absolute Gasteiger partial charge is 0.244 e. The number of carbonyl (C=O) groups is 1. The van der Waals surface area contributed by atoms with Crippen LogP contribution >= 0.6 is 0 Å². The van der Waals surface area contributed by atoms with Crippen molar-refractivity contribution in [3.05, 3.63) is 24.3 Å². The molecule has 0 saturated heterocycles. The Morgan fingerprint density at radius 2 is 1.81 bits per heavy atom. The molecule has 0 aliphatic carbocycles. The predicted octanol–water partition coefficient (Wildman–Crippen LogP) is 2.94.